The molecule has 0 aliphatic carbocycles. The Hall–Kier alpha value is -2.46. The molecule has 0 N–H and O–H groups in total. The lowest BCUT2D eigenvalue weighted by Crippen LogP contribution is -2.47. The van der Waals surface area contributed by atoms with E-state index in [4.69, 9.17) is 9.47 Å². The van der Waals surface area contributed by atoms with Gasteiger partial charge in [0.25, 0.3) is 0 Å². The summed E-state index contributed by atoms with van der Waals surface area (Å²) in [4.78, 5) is 26.0. The van der Waals surface area contributed by atoms with Gasteiger partial charge in [-0.3, -0.25) is 4.79 Å². The van der Waals surface area contributed by atoms with E-state index in [9.17, 15) is 9.59 Å². The normalized spacial score (nSPS) is 23.3. The van der Waals surface area contributed by atoms with Crippen LogP contribution in [0.5, 0.6) is 0 Å². The molecule has 2 aromatic carbocycles. The molecule has 0 aromatic heterocycles. The van der Waals surface area contributed by atoms with Crippen molar-refractivity contribution in [3.8, 4) is 0 Å². The van der Waals surface area contributed by atoms with Crippen molar-refractivity contribution < 1.29 is 19.1 Å². The number of cyclic esters (lactones) is 1. The van der Waals surface area contributed by atoms with Crippen LogP contribution in [0.4, 0.5) is 0 Å². The first-order chi connectivity index (χ1) is 11.8. The second-order valence-electron chi connectivity index (χ2n) is 7.41. The quantitative estimate of drug-likeness (QED) is 0.483. The third-order valence-corrected chi connectivity index (χ3v) is 4.26. The molecule has 0 amide bonds. The maximum atomic E-state index is 13.2. The van der Waals surface area contributed by atoms with Crippen LogP contribution in [0.2, 0.25) is 0 Å². The van der Waals surface area contributed by atoms with Gasteiger partial charge in [-0.15, -0.1) is 0 Å². The van der Waals surface area contributed by atoms with E-state index in [0.29, 0.717) is 5.56 Å². The Morgan fingerprint density at radius 1 is 1.00 bits per heavy atom. The van der Waals surface area contributed by atoms with Crippen LogP contribution in [0, 0.1) is 5.41 Å². The van der Waals surface area contributed by atoms with Crippen LogP contribution in [0.25, 0.3) is 0 Å². The Labute approximate surface area is 147 Å². The van der Waals surface area contributed by atoms with E-state index in [2.05, 4.69) is 0 Å². The summed E-state index contributed by atoms with van der Waals surface area (Å²) < 4.78 is 11.5. The molecule has 25 heavy (non-hydrogen) atoms. The van der Waals surface area contributed by atoms with Crippen molar-refractivity contribution in [2.24, 2.45) is 5.41 Å². The fourth-order valence-electron chi connectivity index (χ4n) is 2.85. The third-order valence-electron chi connectivity index (χ3n) is 4.26. The molecule has 4 heteroatoms. The first-order valence-corrected chi connectivity index (χ1v) is 8.36. The SMILES string of the molecule is CC(C)(C)C1OC(=O)C(Cc2ccccc2)(C(=O)c2ccccc2)O1. The lowest BCUT2D eigenvalue weighted by Gasteiger charge is -2.27. The van der Waals surface area contributed by atoms with Crippen LogP contribution in [-0.2, 0) is 20.7 Å². The second kappa shape index (κ2) is 6.45. The van der Waals surface area contributed by atoms with E-state index >= 15 is 0 Å². The van der Waals surface area contributed by atoms with Crippen molar-refractivity contribution in [1.29, 1.82) is 0 Å². The minimum Gasteiger partial charge on any atom is -0.433 e. The summed E-state index contributed by atoms with van der Waals surface area (Å²) >= 11 is 0. The molecule has 1 aliphatic rings. The van der Waals surface area contributed by atoms with Crippen molar-refractivity contribution in [2.45, 2.75) is 39.1 Å². The summed E-state index contributed by atoms with van der Waals surface area (Å²) in [6.07, 6.45) is -0.621. The van der Waals surface area contributed by atoms with E-state index in [-0.39, 0.29) is 12.2 Å². The highest BCUT2D eigenvalue weighted by molar-refractivity contribution is 6.16. The first kappa shape index (κ1) is 17.4. The van der Waals surface area contributed by atoms with Gasteiger partial charge in [-0.25, -0.2) is 4.79 Å². The minimum absolute atomic E-state index is 0.146. The van der Waals surface area contributed by atoms with Crippen molar-refractivity contribution in [1.82, 2.24) is 0 Å². The largest absolute Gasteiger partial charge is 0.433 e. The molecule has 0 radical (unpaired) electrons. The van der Waals surface area contributed by atoms with Gasteiger partial charge >= 0.3 is 5.97 Å². The maximum absolute atomic E-state index is 13.2. The topological polar surface area (TPSA) is 52.6 Å². The van der Waals surface area contributed by atoms with Crippen LogP contribution in [0.1, 0.15) is 36.7 Å². The average molecular weight is 338 g/mol. The zero-order valence-electron chi connectivity index (χ0n) is 14.7. The van der Waals surface area contributed by atoms with Crippen LogP contribution >= 0.6 is 0 Å². The number of carbonyl (C=O) groups excluding carboxylic acids is 2. The Balaban J connectivity index is 2.03. The summed E-state index contributed by atoms with van der Waals surface area (Å²) in [6.45, 7) is 5.74. The molecule has 1 fully saturated rings. The number of Topliss-reactive ketones (excluding diaryl/α,β-unsaturated/α-hetero) is 1. The number of hydrogen-bond donors (Lipinski definition) is 0. The molecule has 1 aliphatic heterocycles. The molecule has 2 atom stereocenters. The zero-order valence-corrected chi connectivity index (χ0v) is 14.7. The van der Waals surface area contributed by atoms with Gasteiger partial charge in [0.1, 0.15) is 0 Å². The fourth-order valence-corrected chi connectivity index (χ4v) is 2.85. The molecule has 130 valence electrons. The molecular weight excluding hydrogens is 316 g/mol. The van der Waals surface area contributed by atoms with Crippen LogP contribution in [-0.4, -0.2) is 23.6 Å². The number of esters is 1. The highest BCUT2D eigenvalue weighted by Gasteiger charge is 2.58. The summed E-state index contributed by atoms with van der Waals surface area (Å²) in [5.74, 6) is -0.987. The summed E-state index contributed by atoms with van der Waals surface area (Å²) in [5, 5.41) is 0. The number of carbonyl (C=O) groups is 2. The maximum Gasteiger partial charge on any atom is 0.349 e. The van der Waals surface area contributed by atoms with Crippen LogP contribution in [0.15, 0.2) is 60.7 Å². The molecular formula is C21H22O4. The molecule has 4 nitrogen and oxygen atoms in total. The summed E-state index contributed by atoms with van der Waals surface area (Å²) in [5.41, 5.74) is -0.797. The number of benzene rings is 2. The van der Waals surface area contributed by atoms with Crippen molar-refractivity contribution in [3.63, 3.8) is 0 Å². The molecule has 0 saturated carbocycles. The summed E-state index contributed by atoms with van der Waals surface area (Å²) in [6, 6.07) is 18.1. The molecule has 1 heterocycles. The van der Waals surface area contributed by atoms with Gasteiger partial charge in [0, 0.05) is 17.4 Å². The molecule has 1 saturated heterocycles. The molecule has 0 bridgehead atoms. The molecule has 2 aromatic rings. The smallest absolute Gasteiger partial charge is 0.349 e. The van der Waals surface area contributed by atoms with E-state index < -0.39 is 23.3 Å². The highest BCUT2D eigenvalue weighted by atomic mass is 16.8. The van der Waals surface area contributed by atoms with Crippen LogP contribution in [0.3, 0.4) is 0 Å². The number of hydrogen-bond acceptors (Lipinski definition) is 4. The Bertz CT molecular complexity index is 761. The number of ether oxygens (including phenoxy) is 2. The van der Waals surface area contributed by atoms with E-state index in [1.54, 1.807) is 24.3 Å². The number of ketones is 1. The Morgan fingerprint density at radius 2 is 1.56 bits per heavy atom. The van der Waals surface area contributed by atoms with Gasteiger partial charge < -0.3 is 9.47 Å². The van der Waals surface area contributed by atoms with E-state index in [1.807, 2.05) is 57.2 Å². The predicted molar refractivity (Wildman–Crippen MR) is 94.1 cm³/mol. The highest BCUT2D eigenvalue weighted by Crippen LogP contribution is 2.38. The molecule has 2 unspecified atom stereocenters. The Kier molecular flexibility index (Phi) is 4.48. The van der Waals surface area contributed by atoms with E-state index in [0.717, 1.165) is 5.56 Å². The van der Waals surface area contributed by atoms with Crippen molar-refractivity contribution in [2.75, 3.05) is 0 Å². The van der Waals surface area contributed by atoms with Gasteiger partial charge in [0.05, 0.1) is 0 Å². The second-order valence-corrected chi connectivity index (χ2v) is 7.41. The molecule has 0 spiro atoms. The lowest BCUT2D eigenvalue weighted by molar-refractivity contribution is -0.155. The minimum atomic E-state index is -1.65. The third kappa shape index (κ3) is 3.35. The average Bonchev–Trinajstić information content (AvgIpc) is 2.94. The first-order valence-electron chi connectivity index (χ1n) is 8.36. The zero-order chi connectivity index (χ0) is 18.1. The number of rotatable bonds is 4. The monoisotopic (exact) mass is 338 g/mol. The van der Waals surface area contributed by atoms with Gasteiger partial charge in [-0.1, -0.05) is 81.4 Å². The van der Waals surface area contributed by atoms with Gasteiger partial charge in [-0.05, 0) is 5.56 Å². The summed E-state index contributed by atoms with van der Waals surface area (Å²) in [7, 11) is 0. The van der Waals surface area contributed by atoms with Crippen molar-refractivity contribution >= 4 is 11.8 Å². The van der Waals surface area contributed by atoms with Crippen LogP contribution < -0.4 is 0 Å². The van der Waals surface area contributed by atoms with E-state index in [1.165, 1.54) is 0 Å². The standard InChI is InChI=1S/C21H22O4/c1-20(2,3)19-24-18(23)21(25-19,14-15-10-6-4-7-11-15)17(22)16-12-8-5-9-13-16/h4-13,19H,14H2,1-3H3. The van der Waals surface area contributed by atoms with Gasteiger partial charge in [-0.2, -0.15) is 0 Å². The van der Waals surface area contributed by atoms with Gasteiger partial charge in [0.15, 0.2) is 0 Å². The van der Waals surface area contributed by atoms with Gasteiger partial charge in [0.2, 0.25) is 17.7 Å². The fraction of sp³-hybridized carbons (Fsp3) is 0.333. The van der Waals surface area contributed by atoms with Crippen molar-refractivity contribution in [3.05, 3.63) is 71.8 Å². The predicted octanol–water partition coefficient (Wildman–Crippen LogP) is 3.80. The Morgan fingerprint density at radius 3 is 2.08 bits per heavy atom. The lowest BCUT2D eigenvalue weighted by atomic mass is 9.86. The molecule has 3 rings (SSSR count).